The highest BCUT2D eigenvalue weighted by Gasteiger charge is 2.58. The zero-order valence-electron chi connectivity index (χ0n) is 27.7. The number of Topliss-reactive ketones (excluding diaryl/α,β-unsaturated/α-hetero) is 1. The van der Waals surface area contributed by atoms with Crippen LogP contribution >= 0.6 is 0 Å². The van der Waals surface area contributed by atoms with Gasteiger partial charge in [-0.15, -0.1) is 0 Å². The number of nitrogens with one attached hydrogen (secondary N) is 1. The Morgan fingerprint density at radius 1 is 1.02 bits per heavy atom. The van der Waals surface area contributed by atoms with Crippen LogP contribution in [0.15, 0.2) is 82.8 Å². The fraction of sp³-hybridized carbons (Fsp3) is 0.457. The molecule has 4 aliphatic carbocycles. The van der Waals surface area contributed by atoms with Crippen molar-refractivity contribution in [3.05, 3.63) is 94.9 Å². The Balaban J connectivity index is 1.39. The van der Waals surface area contributed by atoms with E-state index < -0.39 is 69.7 Å². The number of fused-ring (bicyclic) bond motifs is 3. The van der Waals surface area contributed by atoms with E-state index in [1.807, 2.05) is 0 Å². The monoisotopic (exact) mass is 716 g/mol. The molecule has 4 aliphatic rings. The molecule has 1 spiro atoms. The minimum Gasteiger partial charge on any atom is -0.291 e. The Morgan fingerprint density at radius 2 is 1.74 bits per heavy atom. The van der Waals surface area contributed by atoms with Crippen molar-refractivity contribution in [2.75, 3.05) is 12.1 Å². The number of rotatable bonds is 7. The number of hydrogen-bond acceptors (Lipinski definition) is 7. The van der Waals surface area contributed by atoms with Crippen LogP contribution in [-0.2, 0) is 23.0 Å². The smallest absolute Gasteiger partial charge is 0.276 e. The Morgan fingerprint density at radius 3 is 2.38 bits per heavy atom. The summed E-state index contributed by atoms with van der Waals surface area (Å²) in [6.45, 7) is 1.43. The van der Waals surface area contributed by atoms with E-state index in [4.69, 9.17) is 0 Å². The third-order valence-corrected chi connectivity index (χ3v) is 12.6. The average Bonchev–Trinajstić information content (AvgIpc) is 3.51. The lowest BCUT2D eigenvalue weighted by atomic mass is 9.59. The molecule has 0 amide bonds. The molecule has 1 unspecified atom stereocenters. The second-order valence-electron chi connectivity index (χ2n) is 13.9. The highest BCUT2D eigenvalue weighted by atomic mass is 32.2. The first-order valence-corrected chi connectivity index (χ1v) is 18.0. The van der Waals surface area contributed by atoms with Crippen molar-refractivity contribution in [1.82, 2.24) is 24.5 Å². The van der Waals surface area contributed by atoms with Gasteiger partial charge in [0.15, 0.2) is 10.8 Å². The van der Waals surface area contributed by atoms with Crippen molar-refractivity contribution in [1.29, 1.82) is 0 Å². The summed E-state index contributed by atoms with van der Waals surface area (Å²) in [5.74, 6) is -8.59. The molecule has 50 heavy (non-hydrogen) atoms. The number of carbonyl (C=O) groups excluding carboxylic acids is 1. The number of hydrazine groups is 1. The predicted molar refractivity (Wildman–Crippen MR) is 174 cm³/mol. The van der Waals surface area contributed by atoms with Crippen molar-refractivity contribution in [2.45, 2.75) is 80.8 Å². The number of carbonyl (C=O) groups is 1. The Kier molecular flexibility index (Phi) is 8.34. The van der Waals surface area contributed by atoms with Crippen LogP contribution in [0.3, 0.4) is 0 Å². The first kappa shape index (κ1) is 34.5. The topological polar surface area (TPSA) is 100 Å². The number of anilines is 1. The standard InChI is InChI=1S/C35H37F5N6O3S/c1-21-14-22-17-33(32(47)29-15-24(10-12-42-29)35(21,39)40)18-27(7-4-23(33)16-30(22)45(41-2)26-8-5-25(36)6-9-26)46(28-19-34(37,38)20-28)50(48,49)31-11-13-44(3)43-31/h5-6,8-13,15-16,21,27-28,41H,4,7,14,17-20H2,1-3H3/t21?,27-,33-/m0/s1. The Labute approximate surface area is 286 Å². The van der Waals surface area contributed by atoms with Gasteiger partial charge in [-0.1, -0.05) is 12.5 Å². The normalized spacial score (nSPS) is 26.3. The van der Waals surface area contributed by atoms with Gasteiger partial charge in [0.25, 0.3) is 21.9 Å². The number of aryl methyl sites for hydroxylation is 1. The number of hydrogen-bond donors (Lipinski definition) is 1. The van der Waals surface area contributed by atoms with E-state index in [0.717, 1.165) is 10.4 Å². The van der Waals surface area contributed by atoms with Crippen LogP contribution in [0.2, 0.25) is 0 Å². The first-order valence-electron chi connectivity index (χ1n) is 16.5. The molecule has 2 saturated carbocycles. The summed E-state index contributed by atoms with van der Waals surface area (Å²) in [7, 11) is -1.20. The zero-order valence-corrected chi connectivity index (χ0v) is 28.5. The molecule has 2 heterocycles. The quantitative estimate of drug-likeness (QED) is 0.220. The molecule has 3 aromatic rings. The molecular formula is C35H37F5N6O3S. The molecule has 1 aromatic carbocycles. The van der Waals surface area contributed by atoms with Gasteiger partial charge in [0, 0.05) is 62.9 Å². The lowest BCUT2D eigenvalue weighted by Crippen LogP contribution is -2.59. The van der Waals surface area contributed by atoms with Crippen LogP contribution in [0, 0.1) is 17.2 Å². The molecule has 0 aliphatic heterocycles. The second kappa shape index (κ2) is 12.1. The molecule has 2 fully saturated rings. The number of pyridine rings is 1. The highest BCUT2D eigenvalue weighted by molar-refractivity contribution is 7.89. The number of halogens is 5. The molecule has 9 nitrogen and oxygen atoms in total. The summed E-state index contributed by atoms with van der Waals surface area (Å²) >= 11 is 0. The second-order valence-corrected chi connectivity index (χ2v) is 15.7. The Hall–Kier alpha value is -3.95. The van der Waals surface area contributed by atoms with Crippen molar-refractivity contribution in [3.63, 3.8) is 0 Å². The van der Waals surface area contributed by atoms with Gasteiger partial charge in [0.2, 0.25) is 0 Å². The number of ketones is 1. The van der Waals surface area contributed by atoms with Crippen LogP contribution < -0.4 is 10.4 Å². The summed E-state index contributed by atoms with van der Waals surface area (Å²) in [5, 5.41) is 5.46. The van der Waals surface area contributed by atoms with E-state index in [0.29, 0.717) is 22.5 Å². The van der Waals surface area contributed by atoms with E-state index in [9.17, 15) is 26.4 Å². The van der Waals surface area contributed by atoms with E-state index in [1.54, 1.807) is 37.3 Å². The van der Waals surface area contributed by atoms with Crippen molar-refractivity contribution in [3.8, 4) is 0 Å². The van der Waals surface area contributed by atoms with Crippen molar-refractivity contribution < 1.29 is 35.2 Å². The number of sulfonamides is 1. The Bertz CT molecular complexity index is 2010. The fourth-order valence-corrected chi connectivity index (χ4v) is 9.95. The lowest BCUT2D eigenvalue weighted by Gasteiger charge is -2.51. The van der Waals surface area contributed by atoms with Crippen molar-refractivity contribution >= 4 is 21.5 Å². The molecule has 2 aromatic heterocycles. The number of alkyl halides is 4. The van der Waals surface area contributed by atoms with E-state index in [2.05, 4.69) is 15.5 Å². The van der Waals surface area contributed by atoms with E-state index >= 15 is 8.78 Å². The van der Waals surface area contributed by atoms with Crippen LogP contribution in [0.1, 0.15) is 67.9 Å². The maximum absolute atomic E-state index is 16.0. The average molecular weight is 717 g/mol. The summed E-state index contributed by atoms with van der Waals surface area (Å²) in [6, 6.07) is 7.37. The van der Waals surface area contributed by atoms with E-state index in [-0.39, 0.29) is 48.4 Å². The van der Waals surface area contributed by atoms with Crippen molar-refractivity contribution in [2.24, 2.45) is 18.4 Å². The molecule has 266 valence electrons. The first-order chi connectivity index (χ1) is 23.6. The maximum Gasteiger partial charge on any atom is 0.276 e. The van der Waals surface area contributed by atoms with Crippen LogP contribution in [0.25, 0.3) is 0 Å². The van der Waals surface area contributed by atoms with Gasteiger partial charge < -0.3 is 0 Å². The third-order valence-electron chi connectivity index (χ3n) is 10.7. The molecule has 0 radical (unpaired) electrons. The van der Waals surface area contributed by atoms with Gasteiger partial charge in [-0.25, -0.2) is 35.8 Å². The number of nitrogens with zero attached hydrogens (tertiary/aromatic N) is 5. The van der Waals surface area contributed by atoms with Gasteiger partial charge in [-0.3, -0.25) is 19.5 Å². The molecule has 7 rings (SSSR count). The third kappa shape index (κ3) is 5.66. The lowest BCUT2D eigenvalue weighted by molar-refractivity contribution is -0.116. The molecular weight excluding hydrogens is 679 g/mol. The van der Waals surface area contributed by atoms with Crippen LogP contribution in [-0.4, -0.2) is 58.3 Å². The zero-order chi connectivity index (χ0) is 35.8. The predicted octanol–water partition coefficient (Wildman–Crippen LogP) is 6.52. The molecule has 4 bridgehead atoms. The summed E-state index contributed by atoms with van der Waals surface area (Å²) < 4.78 is 105. The number of aromatic nitrogens is 3. The SMILES string of the molecule is CNN(C1=C2CC(C)C(F)(F)c3ccnc(c3)C(=O)[C@@]3(C2)C[C@@H](N(C2CC(F)(F)C2)S(=O)(=O)c2ccn(C)n2)CCC3=C1)c1ccc(F)cc1. The fourth-order valence-electron chi connectivity index (χ4n) is 8.16. The number of benzene rings is 1. The van der Waals surface area contributed by atoms with Gasteiger partial charge in [0.1, 0.15) is 11.5 Å². The van der Waals surface area contributed by atoms with Gasteiger partial charge in [-0.05, 0) is 86.2 Å². The van der Waals surface area contributed by atoms with Gasteiger partial charge in [0.05, 0.1) is 16.8 Å². The van der Waals surface area contributed by atoms with Crippen LogP contribution in [0.4, 0.5) is 27.6 Å². The van der Waals surface area contributed by atoms with Gasteiger partial charge >= 0.3 is 0 Å². The van der Waals surface area contributed by atoms with E-state index in [1.165, 1.54) is 48.3 Å². The summed E-state index contributed by atoms with van der Waals surface area (Å²) in [4.78, 5) is 19.1. The molecule has 0 saturated heterocycles. The summed E-state index contributed by atoms with van der Waals surface area (Å²) in [6.07, 6.45) is 3.29. The maximum atomic E-state index is 16.0. The minimum atomic E-state index is -4.39. The molecule has 1 N–H and O–H groups in total. The minimum absolute atomic E-state index is 0.0342. The number of allylic oxidation sites excluding steroid dienone is 3. The largest absolute Gasteiger partial charge is 0.291 e. The van der Waals surface area contributed by atoms with Crippen LogP contribution in [0.5, 0.6) is 0 Å². The molecule has 15 heteroatoms. The van der Waals surface area contributed by atoms with Gasteiger partial charge in [-0.2, -0.15) is 9.40 Å². The highest BCUT2D eigenvalue weighted by Crippen LogP contribution is 2.56. The molecule has 3 atom stereocenters. The summed E-state index contributed by atoms with van der Waals surface area (Å²) in [5.41, 5.74) is 3.35.